The highest BCUT2D eigenvalue weighted by molar-refractivity contribution is 5.68. The predicted molar refractivity (Wildman–Crippen MR) is 83.2 cm³/mol. The van der Waals surface area contributed by atoms with Crippen molar-refractivity contribution in [2.24, 2.45) is 0 Å². The maximum Gasteiger partial charge on any atom is 0.408 e. The third kappa shape index (κ3) is 6.16. The number of carbonyl (C=O) groups is 1. The number of nitrogens with one attached hydrogen (secondary N) is 1. The molecule has 1 rings (SSSR count). The summed E-state index contributed by atoms with van der Waals surface area (Å²) in [6.07, 6.45) is 3.17. The Morgan fingerprint density at radius 3 is 2.76 bits per heavy atom. The summed E-state index contributed by atoms with van der Waals surface area (Å²) in [6.45, 7) is 12.4. The van der Waals surface area contributed by atoms with E-state index in [2.05, 4.69) is 33.7 Å². The first-order chi connectivity index (χ1) is 9.73. The summed E-state index contributed by atoms with van der Waals surface area (Å²) < 4.78 is 7.34. The highest BCUT2D eigenvalue weighted by Crippen LogP contribution is 2.14. The molecule has 0 saturated carbocycles. The molecule has 0 saturated heterocycles. The van der Waals surface area contributed by atoms with Crippen LogP contribution in [0.3, 0.4) is 0 Å². The molecule has 1 N–H and O–H groups in total. The molecule has 120 valence electrons. The number of likely N-dealkylation sites (N-methyl/N-ethyl adjacent to an activating group) is 1. The van der Waals surface area contributed by atoms with E-state index in [0.29, 0.717) is 0 Å². The van der Waals surface area contributed by atoms with Crippen molar-refractivity contribution in [1.29, 1.82) is 0 Å². The van der Waals surface area contributed by atoms with E-state index in [1.54, 1.807) is 12.5 Å². The molecule has 6 heteroatoms. The van der Waals surface area contributed by atoms with Crippen LogP contribution in [-0.4, -0.2) is 46.3 Å². The molecule has 0 spiro atoms. The first kappa shape index (κ1) is 17.5. The number of ether oxygens (including phenoxy) is 1. The number of carbonyl (C=O) groups excluding carboxylic acids is 1. The normalized spacial score (nSPS) is 13.3. The van der Waals surface area contributed by atoms with Crippen LogP contribution in [-0.2, 0) is 11.3 Å². The molecule has 0 fully saturated rings. The summed E-state index contributed by atoms with van der Waals surface area (Å²) in [4.78, 5) is 18.2. The van der Waals surface area contributed by atoms with Crippen LogP contribution in [0.4, 0.5) is 4.79 Å². The van der Waals surface area contributed by atoms with Crippen molar-refractivity contribution >= 4 is 6.09 Å². The van der Waals surface area contributed by atoms with Crippen molar-refractivity contribution in [3.8, 4) is 0 Å². The summed E-state index contributed by atoms with van der Waals surface area (Å²) in [5.74, 6) is 0. The van der Waals surface area contributed by atoms with E-state index in [1.807, 2.05) is 27.7 Å². The lowest BCUT2D eigenvalue weighted by Crippen LogP contribution is -2.35. The van der Waals surface area contributed by atoms with Gasteiger partial charge >= 0.3 is 6.09 Å². The minimum Gasteiger partial charge on any atom is -0.444 e. The molecule has 0 unspecified atom stereocenters. The first-order valence-electron chi connectivity index (χ1n) is 7.41. The van der Waals surface area contributed by atoms with Crippen molar-refractivity contribution in [1.82, 2.24) is 19.8 Å². The van der Waals surface area contributed by atoms with Gasteiger partial charge in [-0.2, -0.15) is 0 Å². The topological polar surface area (TPSA) is 59.4 Å². The second kappa shape index (κ2) is 7.45. The summed E-state index contributed by atoms with van der Waals surface area (Å²) >= 11 is 0. The van der Waals surface area contributed by atoms with E-state index in [9.17, 15) is 4.79 Å². The Hall–Kier alpha value is -1.56. The van der Waals surface area contributed by atoms with Gasteiger partial charge in [-0.1, -0.05) is 6.92 Å². The van der Waals surface area contributed by atoms with E-state index < -0.39 is 11.7 Å². The van der Waals surface area contributed by atoms with Crippen LogP contribution >= 0.6 is 0 Å². The van der Waals surface area contributed by atoms with Crippen molar-refractivity contribution < 1.29 is 9.53 Å². The fraction of sp³-hybridized carbons (Fsp3) is 0.733. The average molecular weight is 296 g/mol. The number of hydrogen-bond acceptors (Lipinski definition) is 4. The van der Waals surface area contributed by atoms with Gasteiger partial charge in [0.25, 0.3) is 0 Å². The van der Waals surface area contributed by atoms with E-state index in [1.165, 1.54) is 0 Å². The Morgan fingerprint density at radius 1 is 1.52 bits per heavy atom. The fourth-order valence-electron chi connectivity index (χ4n) is 1.87. The quantitative estimate of drug-likeness (QED) is 0.876. The summed E-state index contributed by atoms with van der Waals surface area (Å²) in [5.41, 5.74) is 0.485. The van der Waals surface area contributed by atoms with Gasteiger partial charge in [-0.15, -0.1) is 0 Å². The molecule has 0 aliphatic carbocycles. The molecule has 1 aromatic heterocycles. The molecule has 0 aromatic carbocycles. The number of imidazole rings is 1. The van der Waals surface area contributed by atoms with Crippen LogP contribution < -0.4 is 5.32 Å². The molecular formula is C15H28N4O2. The Kier molecular flexibility index (Phi) is 6.20. The molecule has 1 heterocycles. The van der Waals surface area contributed by atoms with Gasteiger partial charge in [0, 0.05) is 13.1 Å². The van der Waals surface area contributed by atoms with E-state index >= 15 is 0 Å². The fourth-order valence-corrected chi connectivity index (χ4v) is 1.87. The second-order valence-corrected chi connectivity index (χ2v) is 6.28. The van der Waals surface area contributed by atoms with Gasteiger partial charge in [-0.3, -0.25) is 0 Å². The zero-order valence-electron chi connectivity index (χ0n) is 14.0. The third-order valence-corrected chi connectivity index (χ3v) is 3.18. The van der Waals surface area contributed by atoms with Gasteiger partial charge in [-0.25, -0.2) is 9.78 Å². The Balaban J connectivity index is 2.60. The number of amides is 1. The molecule has 6 nitrogen and oxygen atoms in total. The monoisotopic (exact) mass is 296 g/mol. The van der Waals surface area contributed by atoms with Crippen molar-refractivity contribution in [3.63, 3.8) is 0 Å². The lowest BCUT2D eigenvalue weighted by molar-refractivity contribution is 0.0506. The Labute approximate surface area is 127 Å². The van der Waals surface area contributed by atoms with Gasteiger partial charge in [0.1, 0.15) is 5.60 Å². The van der Waals surface area contributed by atoms with Gasteiger partial charge in [0.15, 0.2) is 0 Å². The van der Waals surface area contributed by atoms with Gasteiger partial charge in [0.2, 0.25) is 0 Å². The van der Waals surface area contributed by atoms with Crippen LogP contribution in [0.2, 0.25) is 0 Å². The van der Waals surface area contributed by atoms with Crippen LogP contribution in [0.1, 0.15) is 46.4 Å². The van der Waals surface area contributed by atoms with Crippen molar-refractivity contribution in [3.05, 3.63) is 18.2 Å². The van der Waals surface area contributed by atoms with Gasteiger partial charge < -0.3 is 19.5 Å². The first-order valence-corrected chi connectivity index (χ1v) is 7.41. The minimum atomic E-state index is -0.492. The lowest BCUT2D eigenvalue weighted by atomic mass is 10.2. The molecule has 1 aromatic rings. The Morgan fingerprint density at radius 2 is 2.19 bits per heavy atom. The molecule has 21 heavy (non-hydrogen) atoms. The highest BCUT2D eigenvalue weighted by atomic mass is 16.6. The van der Waals surface area contributed by atoms with Gasteiger partial charge in [0.05, 0.1) is 24.3 Å². The number of nitrogens with zero attached hydrogens (tertiary/aromatic N) is 3. The van der Waals surface area contributed by atoms with Crippen LogP contribution in [0.5, 0.6) is 0 Å². The minimum absolute atomic E-state index is 0.144. The zero-order chi connectivity index (χ0) is 16.0. The van der Waals surface area contributed by atoms with Crippen molar-refractivity contribution in [2.75, 3.05) is 20.1 Å². The van der Waals surface area contributed by atoms with Crippen LogP contribution in [0, 0.1) is 0 Å². The van der Waals surface area contributed by atoms with E-state index in [-0.39, 0.29) is 6.04 Å². The van der Waals surface area contributed by atoms with Gasteiger partial charge in [-0.05, 0) is 41.3 Å². The largest absolute Gasteiger partial charge is 0.444 e. The lowest BCUT2D eigenvalue weighted by Gasteiger charge is -2.23. The van der Waals surface area contributed by atoms with E-state index in [0.717, 1.165) is 25.3 Å². The number of hydrogen-bond donors (Lipinski definition) is 1. The number of aromatic nitrogens is 2. The molecule has 1 amide bonds. The molecular weight excluding hydrogens is 268 g/mol. The standard InChI is InChI=1S/C15H28N4O2/c1-7-18(6)8-9-19-11-16-10-13(19)12(2)17-14(20)21-15(3,4)5/h10-12H,7-9H2,1-6H3,(H,17,20)/t12-/m0/s1. The molecule has 0 bridgehead atoms. The molecule has 0 radical (unpaired) electrons. The zero-order valence-corrected chi connectivity index (χ0v) is 14.0. The summed E-state index contributed by atoms with van der Waals surface area (Å²) in [5, 5.41) is 2.85. The predicted octanol–water partition coefficient (Wildman–Crippen LogP) is 2.42. The SMILES string of the molecule is CCN(C)CCn1cncc1[C@H](C)NC(=O)OC(C)(C)C. The molecule has 0 aliphatic heterocycles. The smallest absolute Gasteiger partial charge is 0.408 e. The summed E-state index contributed by atoms with van der Waals surface area (Å²) in [6, 6.07) is -0.144. The highest BCUT2D eigenvalue weighted by Gasteiger charge is 2.19. The molecule has 1 atom stereocenters. The number of rotatable bonds is 6. The third-order valence-electron chi connectivity index (χ3n) is 3.18. The van der Waals surface area contributed by atoms with Crippen LogP contribution in [0.25, 0.3) is 0 Å². The number of alkyl carbamates (subject to hydrolysis) is 1. The van der Waals surface area contributed by atoms with Crippen molar-refractivity contribution in [2.45, 2.75) is 52.8 Å². The maximum atomic E-state index is 11.8. The average Bonchev–Trinajstić information content (AvgIpc) is 2.81. The molecule has 0 aliphatic rings. The van der Waals surface area contributed by atoms with Crippen LogP contribution in [0.15, 0.2) is 12.5 Å². The van der Waals surface area contributed by atoms with E-state index in [4.69, 9.17) is 4.74 Å². The second-order valence-electron chi connectivity index (χ2n) is 6.28. The Bertz CT molecular complexity index is 451. The summed E-state index contributed by atoms with van der Waals surface area (Å²) in [7, 11) is 2.08. The maximum absolute atomic E-state index is 11.8.